The summed E-state index contributed by atoms with van der Waals surface area (Å²) < 4.78 is 10.3. The number of hydrogen-bond acceptors (Lipinski definition) is 3. The molecule has 0 saturated carbocycles. The molecule has 0 saturated heterocycles. The summed E-state index contributed by atoms with van der Waals surface area (Å²) in [5.74, 6) is 1.34. The molecule has 0 fully saturated rings. The molecule has 1 aromatic carbocycles. The highest BCUT2D eigenvalue weighted by Crippen LogP contribution is 2.32. The Morgan fingerprint density at radius 3 is 2.38 bits per heavy atom. The fraction of sp³-hybridized carbons (Fsp3) is 0.455. The molecule has 0 aliphatic rings. The molecule has 1 unspecified atom stereocenters. The molecule has 0 aliphatic carbocycles. The maximum absolute atomic E-state index is 10.1. The molecular weight excluding hydrogens is 230 g/mol. The van der Waals surface area contributed by atoms with Crippen LogP contribution in [0, 0.1) is 0 Å². The highest BCUT2D eigenvalue weighted by molar-refractivity contribution is 5.43. The van der Waals surface area contributed by atoms with E-state index in [0.717, 1.165) is 0 Å². The maximum Gasteiger partial charge on any atom is 0.139 e. The smallest absolute Gasteiger partial charge is 0.139 e. The van der Waals surface area contributed by atoms with Crippen LogP contribution in [0.2, 0.25) is 0 Å². The van der Waals surface area contributed by atoms with Crippen LogP contribution in [0.5, 0.6) is 11.5 Å². The average molecular weight is 248 g/mol. The van der Waals surface area contributed by atoms with Crippen LogP contribution in [0.25, 0.3) is 0 Å². The van der Waals surface area contributed by atoms with Crippen LogP contribution in [0.1, 0.15) is 12.5 Å². The zero-order valence-electron chi connectivity index (χ0n) is 9.79. The molecule has 0 heterocycles. The number of rotatable bonds is 4. The van der Waals surface area contributed by atoms with Gasteiger partial charge in [0.15, 0.2) is 0 Å². The van der Waals surface area contributed by atoms with Crippen LogP contribution in [-0.4, -0.2) is 25.9 Å². The Labute approximate surface area is 102 Å². The average Bonchev–Trinajstić information content (AvgIpc) is 2.28. The zero-order chi connectivity index (χ0) is 11.5. The number of quaternary nitrogens is 1. The molecule has 1 rings (SSSR count). The van der Waals surface area contributed by atoms with Gasteiger partial charge in [0.2, 0.25) is 0 Å². The van der Waals surface area contributed by atoms with Crippen molar-refractivity contribution in [2.45, 2.75) is 12.5 Å². The number of methoxy groups -OCH3 is 2. The van der Waals surface area contributed by atoms with Gasteiger partial charge in [-0.3, -0.25) is 0 Å². The summed E-state index contributed by atoms with van der Waals surface area (Å²) in [7, 11) is 3.16. The largest absolute Gasteiger partial charge is 1.00 e. The van der Waals surface area contributed by atoms with E-state index in [-0.39, 0.29) is 12.4 Å². The van der Waals surface area contributed by atoms with Crippen molar-refractivity contribution in [1.29, 1.82) is 0 Å². The third-order valence-electron chi connectivity index (χ3n) is 2.47. The molecule has 4 nitrogen and oxygen atoms in total. The predicted octanol–water partition coefficient (Wildman–Crippen LogP) is -2.84. The number of hydrogen-bond donors (Lipinski definition) is 2. The second kappa shape index (κ2) is 5.94. The van der Waals surface area contributed by atoms with Gasteiger partial charge in [0, 0.05) is 5.56 Å². The molecule has 0 aliphatic heterocycles. The zero-order valence-corrected chi connectivity index (χ0v) is 10.5. The van der Waals surface area contributed by atoms with Gasteiger partial charge in [-0.2, -0.15) is 0 Å². The van der Waals surface area contributed by atoms with Crippen molar-refractivity contribution in [3.8, 4) is 11.5 Å². The summed E-state index contributed by atoms with van der Waals surface area (Å²) in [5, 5.41) is 10.1. The summed E-state index contributed by atoms with van der Waals surface area (Å²) in [4.78, 5) is 0. The number of aliphatic hydroxyl groups is 1. The van der Waals surface area contributed by atoms with Crippen LogP contribution in [0.4, 0.5) is 0 Å². The monoisotopic (exact) mass is 247 g/mol. The van der Waals surface area contributed by atoms with E-state index < -0.39 is 5.60 Å². The Morgan fingerprint density at radius 2 is 1.94 bits per heavy atom. The first-order valence-corrected chi connectivity index (χ1v) is 4.79. The number of benzene rings is 1. The van der Waals surface area contributed by atoms with Gasteiger partial charge in [0.25, 0.3) is 0 Å². The molecule has 1 atom stereocenters. The molecule has 16 heavy (non-hydrogen) atoms. The normalized spacial score (nSPS) is 13.6. The highest BCUT2D eigenvalue weighted by Gasteiger charge is 2.27. The van der Waals surface area contributed by atoms with E-state index in [2.05, 4.69) is 5.73 Å². The van der Waals surface area contributed by atoms with Crippen molar-refractivity contribution in [2.24, 2.45) is 0 Å². The van der Waals surface area contributed by atoms with Crippen LogP contribution in [0.3, 0.4) is 0 Å². The van der Waals surface area contributed by atoms with Gasteiger partial charge < -0.3 is 32.7 Å². The summed E-state index contributed by atoms with van der Waals surface area (Å²) in [6.07, 6.45) is 0. The first-order valence-electron chi connectivity index (χ1n) is 4.79. The lowest BCUT2D eigenvalue weighted by Gasteiger charge is -2.22. The Kier molecular flexibility index (Phi) is 5.58. The lowest BCUT2D eigenvalue weighted by molar-refractivity contribution is -0.400. The molecule has 1 aromatic rings. The van der Waals surface area contributed by atoms with E-state index in [0.29, 0.717) is 23.6 Å². The third-order valence-corrected chi connectivity index (χ3v) is 2.47. The van der Waals surface area contributed by atoms with Crippen LogP contribution >= 0.6 is 0 Å². The molecule has 0 amide bonds. The maximum atomic E-state index is 10.1. The fourth-order valence-corrected chi connectivity index (χ4v) is 1.37. The van der Waals surface area contributed by atoms with Gasteiger partial charge in [0.05, 0.1) is 14.2 Å². The van der Waals surface area contributed by atoms with Crippen LogP contribution in [0.15, 0.2) is 18.2 Å². The van der Waals surface area contributed by atoms with Gasteiger partial charge in [-0.15, -0.1) is 0 Å². The fourth-order valence-electron chi connectivity index (χ4n) is 1.37. The lowest BCUT2D eigenvalue weighted by Crippen LogP contribution is -3.00. The number of ether oxygens (including phenoxy) is 2. The van der Waals surface area contributed by atoms with E-state index in [1.165, 1.54) is 0 Å². The van der Waals surface area contributed by atoms with E-state index in [1.807, 2.05) is 0 Å². The minimum absolute atomic E-state index is 0. The molecule has 0 spiro atoms. The minimum atomic E-state index is -1.00. The topological polar surface area (TPSA) is 66.3 Å². The lowest BCUT2D eigenvalue weighted by atomic mass is 9.95. The van der Waals surface area contributed by atoms with Crippen molar-refractivity contribution >= 4 is 0 Å². The summed E-state index contributed by atoms with van der Waals surface area (Å²) in [6.45, 7) is 2.08. The molecule has 0 bridgehead atoms. The molecule has 4 N–H and O–H groups in total. The quantitative estimate of drug-likeness (QED) is 0.602. The van der Waals surface area contributed by atoms with E-state index in [1.54, 1.807) is 39.3 Å². The van der Waals surface area contributed by atoms with Gasteiger partial charge in [-0.1, -0.05) is 0 Å². The van der Waals surface area contributed by atoms with Crippen molar-refractivity contribution in [3.63, 3.8) is 0 Å². The summed E-state index contributed by atoms with van der Waals surface area (Å²) >= 11 is 0. The molecule has 92 valence electrons. The SMILES string of the molecule is COc1ccc(OC)c(C(C)(O)C[NH3+])c1.[Cl-]. The Morgan fingerprint density at radius 1 is 1.31 bits per heavy atom. The van der Waals surface area contributed by atoms with Crippen molar-refractivity contribution in [1.82, 2.24) is 0 Å². The second-order valence-electron chi connectivity index (χ2n) is 3.59. The molecule has 5 heteroatoms. The standard InChI is InChI=1S/C11H17NO3.ClH/c1-11(13,7-12)9-6-8(14-2)4-5-10(9)15-3;/h4-6,13H,7,12H2,1-3H3;1H. The van der Waals surface area contributed by atoms with Crippen molar-refractivity contribution in [3.05, 3.63) is 23.8 Å². The Balaban J connectivity index is 0.00000225. The molecular formula is C11H18ClNO3. The predicted molar refractivity (Wildman–Crippen MR) is 56.9 cm³/mol. The van der Waals surface area contributed by atoms with Crippen LogP contribution < -0.4 is 27.6 Å². The highest BCUT2D eigenvalue weighted by atomic mass is 35.5. The van der Waals surface area contributed by atoms with Gasteiger partial charge >= 0.3 is 0 Å². The van der Waals surface area contributed by atoms with Gasteiger partial charge in [-0.25, -0.2) is 0 Å². The van der Waals surface area contributed by atoms with E-state index >= 15 is 0 Å². The second-order valence-corrected chi connectivity index (χ2v) is 3.59. The van der Waals surface area contributed by atoms with Gasteiger partial charge in [0.1, 0.15) is 23.6 Å². The van der Waals surface area contributed by atoms with Crippen molar-refractivity contribution < 1.29 is 32.7 Å². The number of halogens is 1. The summed E-state index contributed by atoms with van der Waals surface area (Å²) in [6, 6.07) is 5.34. The molecule has 0 radical (unpaired) electrons. The van der Waals surface area contributed by atoms with Crippen LogP contribution in [-0.2, 0) is 5.60 Å². The minimum Gasteiger partial charge on any atom is -1.00 e. The first-order chi connectivity index (χ1) is 7.05. The Hall–Kier alpha value is -0.970. The molecule has 0 aromatic heterocycles. The summed E-state index contributed by atoms with van der Waals surface area (Å²) in [5.41, 5.74) is 3.41. The first kappa shape index (κ1) is 15.0. The van der Waals surface area contributed by atoms with Gasteiger partial charge in [-0.05, 0) is 25.1 Å². The third kappa shape index (κ3) is 3.01. The Bertz CT molecular complexity index is 342. The van der Waals surface area contributed by atoms with Crippen molar-refractivity contribution in [2.75, 3.05) is 20.8 Å². The van der Waals surface area contributed by atoms with E-state index in [4.69, 9.17) is 9.47 Å². The van der Waals surface area contributed by atoms with E-state index in [9.17, 15) is 5.11 Å².